The summed E-state index contributed by atoms with van der Waals surface area (Å²) in [5.74, 6) is -0.631. The minimum Gasteiger partial charge on any atom is -0.481 e. The second-order valence-electron chi connectivity index (χ2n) is 4.54. The Morgan fingerprint density at radius 1 is 1.16 bits per heavy atom. The first-order valence-corrected chi connectivity index (χ1v) is 6.27. The van der Waals surface area contributed by atoms with E-state index in [0.29, 0.717) is 0 Å². The van der Waals surface area contributed by atoms with Crippen LogP contribution >= 0.6 is 0 Å². The zero-order valence-corrected chi connectivity index (χ0v) is 10.7. The summed E-state index contributed by atoms with van der Waals surface area (Å²) in [4.78, 5) is 20.1. The minimum atomic E-state index is -1.64. The largest absolute Gasteiger partial charge is 0.481 e. The third kappa shape index (κ3) is 7.22. The van der Waals surface area contributed by atoms with E-state index in [1.807, 2.05) is 0 Å². The highest BCUT2D eigenvalue weighted by Gasteiger charge is 2.22. The van der Waals surface area contributed by atoms with Crippen LogP contribution < -0.4 is 0 Å². The first kappa shape index (κ1) is 18.0. The maximum Gasteiger partial charge on any atom is 0.306 e. The fourth-order valence-electron chi connectivity index (χ4n) is 1.77. The SMILES string of the molecule is O=C(O)C1CCCCC1.O=C[C@H](O)[C@H](O)[C@H](O)CO. The second kappa shape index (κ2) is 9.85. The Balaban J connectivity index is 0.000000342. The number of carboxylic acids is 1. The van der Waals surface area contributed by atoms with Crippen molar-refractivity contribution in [2.75, 3.05) is 6.61 Å². The van der Waals surface area contributed by atoms with Crippen molar-refractivity contribution in [2.24, 2.45) is 5.92 Å². The molecule has 0 unspecified atom stereocenters. The molecule has 5 N–H and O–H groups in total. The molecule has 1 aliphatic rings. The van der Waals surface area contributed by atoms with Crippen LogP contribution in [-0.4, -0.2) is 62.7 Å². The van der Waals surface area contributed by atoms with E-state index < -0.39 is 30.9 Å². The highest BCUT2D eigenvalue weighted by Crippen LogP contribution is 2.23. The number of aliphatic hydroxyl groups is 4. The molecule has 19 heavy (non-hydrogen) atoms. The monoisotopic (exact) mass is 278 g/mol. The van der Waals surface area contributed by atoms with Crippen LogP contribution in [0.3, 0.4) is 0 Å². The molecule has 0 radical (unpaired) electrons. The zero-order chi connectivity index (χ0) is 14.8. The van der Waals surface area contributed by atoms with Crippen molar-refractivity contribution in [3.63, 3.8) is 0 Å². The average Bonchev–Trinajstić information content (AvgIpc) is 2.46. The predicted molar refractivity (Wildman–Crippen MR) is 65.4 cm³/mol. The molecular formula is C12H22O7. The lowest BCUT2D eigenvalue weighted by atomic mass is 9.90. The lowest BCUT2D eigenvalue weighted by molar-refractivity contribution is -0.142. The van der Waals surface area contributed by atoms with E-state index in [-0.39, 0.29) is 12.2 Å². The number of aldehydes is 1. The molecule has 1 rings (SSSR count). The molecule has 0 aromatic rings. The van der Waals surface area contributed by atoms with Crippen LogP contribution in [0.25, 0.3) is 0 Å². The Morgan fingerprint density at radius 3 is 2.00 bits per heavy atom. The smallest absolute Gasteiger partial charge is 0.306 e. The summed E-state index contributed by atoms with van der Waals surface area (Å²) in [6.45, 7) is -0.688. The van der Waals surface area contributed by atoms with Gasteiger partial charge in [0, 0.05) is 0 Å². The number of hydrogen-bond acceptors (Lipinski definition) is 6. The molecule has 7 nitrogen and oxygen atoms in total. The van der Waals surface area contributed by atoms with Gasteiger partial charge in [-0.3, -0.25) is 4.79 Å². The Labute approximate surface area is 111 Å². The standard InChI is InChI=1S/C7H12O2.C5H10O5/c8-7(9)6-4-2-1-3-5-6;6-1-3(8)5(10)4(9)2-7/h6H,1-5H2,(H,8,9);1,3-5,7-10H,2H2/t;3-,4+,5-/m.0/s1. The Hall–Kier alpha value is -1.02. The van der Waals surface area contributed by atoms with Crippen molar-refractivity contribution in [3.8, 4) is 0 Å². The van der Waals surface area contributed by atoms with Crippen LogP contribution in [0.2, 0.25) is 0 Å². The van der Waals surface area contributed by atoms with Crippen LogP contribution in [0, 0.1) is 5.92 Å². The molecule has 112 valence electrons. The van der Waals surface area contributed by atoms with Gasteiger partial charge in [-0.05, 0) is 12.8 Å². The highest BCUT2D eigenvalue weighted by molar-refractivity contribution is 5.69. The molecule has 0 aromatic heterocycles. The van der Waals surface area contributed by atoms with Crippen molar-refractivity contribution in [1.29, 1.82) is 0 Å². The molecule has 3 atom stereocenters. The fourth-order valence-corrected chi connectivity index (χ4v) is 1.77. The molecule has 1 aliphatic carbocycles. The molecule has 7 heteroatoms. The van der Waals surface area contributed by atoms with Crippen LogP contribution in [0.5, 0.6) is 0 Å². The average molecular weight is 278 g/mol. The van der Waals surface area contributed by atoms with Gasteiger partial charge >= 0.3 is 5.97 Å². The topological polar surface area (TPSA) is 135 Å². The first-order valence-electron chi connectivity index (χ1n) is 6.27. The number of carbonyl (C=O) groups excluding carboxylic acids is 1. The lowest BCUT2D eigenvalue weighted by Crippen LogP contribution is -2.40. The fraction of sp³-hybridized carbons (Fsp3) is 0.833. The molecule has 1 fully saturated rings. The van der Waals surface area contributed by atoms with Gasteiger partial charge in [0.25, 0.3) is 0 Å². The molecular weight excluding hydrogens is 256 g/mol. The summed E-state index contributed by atoms with van der Waals surface area (Å²) < 4.78 is 0. The number of aliphatic hydroxyl groups excluding tert-OH is 4. The Morgan fingerprint density at radius 2 is 1.68 bits per heavy atom. The Bertz CT molecular complexity index is 263. The molecule has 0 heterocycles. The second-order valence-corrected chi connectivity index (χ2v) is 4.54. The third-order valence-corrected chi connectivity index (χ3v) is 3.03. The van der Waals surface area contributed by atoms with Crippen LogP contribution in [0.1, 0.15) is 32.1 Å². The number of aliphatic carboxylic acids is 1. The van der Waals surface area contributed by atoms with E-state index in [9.17, 15) is 9.59 Å². The summed E-state index contributed by atoms with van der Waals surface area (Å²) in [5.41, 5.74) is 0. The number of carboxylic acid groups (broad SMARTS) is 1. The van der Waals surface area contributed by atoms with E-state index in [0.717, 1.165) is 25.7 Å². The van der Waals surface area contributed by atoms with Crippen LogP contribution in [-0.2, 0) is 9.59 Å². The lowest BCUT2D eigenvalue weighted by Gasteiger charge is -2.16. The van der Waals surface area contributed by atoms with Gasteiger partial charge in [0.05, 0.1) is 12.5 Å². The van der Waals surface area contributed by atoms with Crippen LogP contribution in [0.4, 0.5) is 0 Å². The maximum atomic E-state index is 10.4. The van der Waals surface area contributed by atoms with Crippen molar-refractivity contribution >= 4 is 12.3 Å². The molecule has 0 aliphatic heterocycles. The summed E-state index contributed by atoms with van der Waals surface area (Å²) in [6.07, 6.45) is 0.608. The first-order chi connectivity index (χ1) is 8.93. The van der Waals surface area contributed by atoms with Gasteiger partial charge in [0.1, 0.15) is 18.3 Å². The summed E-state index contributed by atoms with van der Waals surface area (Å²) in [7, 11) is 0. The van der Waals surface area contributed by atoms with Crippen molar-refractivity contribution in [1.82, 2.24) is 0 Å². The summed E-state index contributed by atoms with van der Waals surface area (Å²) in [6, 6.07) is 0. The summed E-state index contributed by atoms with van der Waals surface area (Å²) >= 11 is 0. The van der Waals surface area contributed by atoms with E-state index in [2.05, 4.69) is 0 Å². The molecule has 1 saturated carbocycles. The molecule has 0 aromatic carbocycles. The van der Waals surface area contributed by atoms with Crippen molar-refractivity contribution < 1.29 is 35.1 Å². The van der Waals surface area contributed by atoms with Gasteiger partial charge in [-0.2, -0.15) is 0 Å². The zero-order valence-electron chi connectivity index (χ0n) is 10.7. The third-order valence-electron chi connectivity index (χ3n) is 3.03. The quantitative estimate of drug-likeness (QED) is 0.403. The van der Waals surface area contributed by atoms with Crippen molar-refractivity contribution in [2.45, 2.75) is 50.4 Å². The van der Waals surface area contributed by atoms with E-state index >= 15 is 0 Å². The van der Waals surface area contributed by atoms with Gasteiger partial charge in [-0.15, -0.1) is 0 Å². The molecule has 0 amide bonds. The van der Waals surface area contributed by atoms with E-state index in [4.69, 9.17) is 25.5 Å². The normalized spacial score (nSPS) is 20.6. The maximum absolute atomic E-state index is 10.4. The highest BCUT2D eigenvalue weighted by atomic mass is 16.4. The van der Waals surface area contributed by atoms with E-state index in [1.54, 1.807) is 0 Å². The Kier molecular flexibility index (Phi) is 9.32. The predicted octanol–water partition coefficient (Wildman–Crippen LogP) is -1.09. The molecule has 0 spiro atoms. The van der Waals surface area contributed by atoms with Crippen LogP contribution in [0.15, 0.2) is 0 Å². The molecule has 0 saturated heterocycles. The molecule has 0 bridgehead atoms. The number of rotatable bonds is 5. The van der Waals surface area contributed by atoms with Gasteiger partial charge in [0.2, 0.25) is 0 Å². The van der Waals surface area contributed by atoms with Gasteiger partial charge in [0.15, 0.2) is 6.29 Å². The number of carbonyl (C=O) groups is 2. The van der Waals surface area contributed by atoms with Gasteiger partial charge < -0.3 is 30.3 Å². The minimum absolute atomic E-state index is 0.0289. The summed E-state index contributed by atoms with van der Waals surface area (Å²) in [5, 5.41) is 42.6. The van der Waals surface area contributed by atoms with Gasteiger partial charge in [-0.1, -0.05) is 19.3 Å². The van der Waals surface area contributed by atoms with E-state index in [1.165, 1.54) is 6.42 Å². The van der Waals surface area contributed by atoms with Gasteiger partial charge in [-0.25, -0.2) is 0 Å². The number of hydrogen-bond donors (Lipinski definition) is 5. The van der Waals surface area contributed by atoms with Crippen molar-refractivity contribution in [3.05, 3.63) is 0 Å².